The molecule has 0 amide bonds. The fourth-order valence-electron chi connectivity index (χ4n) is 1.88. The lowest BCUT2D eigenvalue weighted by molar-refractivity contribution is 0.393. The monoisotopic (exact) mass is 349 g/mol. The number of hydrogen-bond donors (Lipinski definition) is 0. The van der Waals surface area contributed by atoms with Gasteiger partial charge in [-0.05, 0) is 28.8 Å². The first kappa shape index (κ1) is 12.1. The zero-order valence-corrected chi connectivity index (χ0v) is 12.2. The van der Waals surface area contributed by atoms with Crippen LogP contribution in [0.15, 0.2) is 10.7 Å². The average molecular weight is 351 g/mol. The Morgan fingerprint density at radius 2 is 2.44 bits per heavy atom. The lowest BCUT2D eigenvalue weighted by Crippen LogP contribution is -2.31. The summed E-state index contributed by atoms with van der Waals surface area (Å²) in [7, 11) is 1.61. The first-order valence-corrected chi connectivity index (χ1v) is 7.07. The van der Waals surface area contributed by atoms with Crippen molar-refractivity contribution in [1.29, 1.82) is 0 Å². The van der Waals surface area contributed by atoms with Gasteiger partial charge in [-0.1, -0.05) is 15.9 Å². The van der Waals surface area contributed by atoms with Gasteiger partial charge >= 0.3 is 0 Å². The van der Waals surface area contributed by atoms with E-state index in [1.807, 2.05) is 0 Å². The van der Waals surface area contributed by atoms with Crippen molar-refractivity contribution in [2.75, 3.05) is 23.9 Å². The van der Waals surface area contributed by atoms with Crippen molar-refractivity contribution < 1.29 is 4.74 Å². The van der Waals surface area contributed by atoms with Gasteiger partial charge in [0.2, 0.25) is 11.8 Å². The van der Waals surface area contributed by atoms with Crippen molar-refractivity contribution in [3.05, 3.63) is 10.7 Å². The molecule has 0 bridgehead atoms. The SMILES string of the molecule is COc1nc(N2CCCC2CBr)ncc1Br. The van der Waals surface area contributed by atoms with E-state index >= 15 is 0 Å². The topological polar surface area (TPSA) is 38.2 Å². The minimum absolute atomic E-state index is 0.492. The van der Waals surface area contributed by atoms with Gasteiger partial charge in [0.25, 0.3) is 0 Å². The first-order chi connectivity index (χ1) is 7.76. The maximum atomic E-state index is 5.18. The van der Waals surface area contributed by atoms with E-state index in [-0.39, 0.29) is 0 Å². The molecule has 0 spiro atoms. The third kappa shape index (κ3) is 2.32. The molecule has 1 aromatic rings. The molecular weight excluding hydrogens is 338 g/mol. The van der Waals surface area contributed by atoms with E-state index < -0.39 is 0 Å². The molecule has 0 aliphatic carbocycles. The summed E-state index contributed by atoms with van der Waals surface area (Å²) in [6.45, 7) is 1.01. The molecule has 1 aliphatic rings. The van der Waals surface area contributed by atoms with Crippen LogP contribution in [-0.2, 0) is 0 Å². The van der Waals surface area contributed by atoms with Crippen LogP contribution < -0.4 is 9.64 Å². The predicted octanol–water partition coefficient (Wildman–Crippen LogP) is 2.61. The highest BCUT2D eigenvalue weighted by atomic mass is 79.9. The van der Waals surface area contributed by atoms with E-state index in [4.69, 9.17) is 4.74 Å². The zero-order chi connectivity index (χ0) is 11.5. The lowest BCUT2D eigenvalue weighted by Gasteiger charge is -2.23. The van der Waals surface area contributed by atoms with Crippen LogP contribution in [0.4, 0.5) is 5.95 Å². The Hall–Kier alpha value is -0.360. The third-order valence-corrected chi connectivity index (χ3v) is 4.00. The highest BCUT2D eigenvalue weighted by Gasteiger charge is 2.26. The Kier molecular flexibility index (Phi) is 4.02. The fraction of sp³-hybridized carbons (Fsp3) is 0.600. The second kappa shape index (κ2) is 5.31. The molecule has 0 saturated carbocycles. The van der Waals surface area contributed by atoms with Crippen molar-refractivity contribution in [2.24, 2.45) is 0 Å². The number of ether oxygens (including phenoxy) is 1. The summed E-state index contributed by atoms with van der Waals surface area (Å²) in [5, 5.41) is 0.953. The molecule has 1 unspecified atom stereocenters. The second-order valence-electron chi connectivity index (χ2n) is 3.67. The van der Waals surface area contributed by atoms with Gasteiger partial charge in [-0.15, -0.1) is 0 Å². The van der Waals surface area contributed by atoms with Gasteiger partial charge in [-0.25, -0.2) is 4.98 Å². The van der Waals surface area contributed by atoms with Crippen molar-refractivity contribution in [3.63, 3.8) is 0 Å². The summed E-state index contributed by atoms with van der Waals surface area (Å²) in [6, 6.07) is 0.492. The van der Waals surface area contributed by atoms with E-state index in [0.29, 0.717) is 11.9 Å². The Morgan fingerprint density at radius 1 is 1.62 bits per heavy atom. The molecule has 0 aromatic carbocycles. The van der Waals surface area contributed by atoms with Gasteiger partial charge in [-0.2, -0.15) is 4.98 Å². The van der Waals surface area contributed by atoms with Crippen molar-refractivity contribution in [2.45, 2.75) is 18.9 Å². The van der Waals surface area contributed by atoms with E-state index in [1.165, 1.54) is 12.8 Å². The van der Waals surface area contributed by atoms with Crippen LogP contribution in [0.5, 0.6) is 5.88 Å². The summed E-state index contributed by atoms with van der Waals surface area (Å²) in [4.78, 5) is 11.0. The van der Waals surface area contributed by atoms with E-state index in [2.05, 4.69) is 46.7 Å². The molecule has 2 heterocycles. The molecule has 16 heavy (non-hydrogen) atoms. The highest BCUT2D eigenvalue weighted by molar-refractivity contribution is 9.10. The largest absolute Gasteiger partial charge is 0.480 e. The van der Waals surface area contributed by atoms with Gasteiger partial charge in [0.05, 0.1) is 17.8 Å². The van der Waals surface area contributed by atoms with Gasteiger partial charge in [0, 0.05) is 17.9 Å². The summed E-state index contributed by atoms with van der Waals surface area (Å²) < 4.78 is 5.96. The quantitative estimate of drug-likeness (QED) is 0.785. The van der Waals surface area contributed by atoms with Crippen LogP contribution >= 0.6 is 31.9 Å². The molecule has 1 saturated heterocycles. The molecule has 1 atom stereocenters. The van der Waals surface area contributed by atoms with Crippen LogP contribution in [0.2, 0.25) is 0 Å². The van der Waals surface area contributed by atoms with Gasteiger partial charge in [0.15, 0.2) is 0 Å². The Labute approximate surface area is 112 Å². The Bertz CT molecular complexity index is 375. The number of rotatable bonds is 3. The molecule has 1 aromatic heterocycles. The fourth-order valence-corrected chi connectivity index (χ4v) is 2.91. The Morgan fingerprint density at radius 3 is 3.12 bits per heavy atom. The van der Waals surface area contributed by atoms with Crippen molar-refractivity contribution >= 4 is 37.8 Å². The third-order valence-electron chi connectivity index (χ3n) is 2.70. The van der Waals surface area contributed by atoms with Gasteiger partial charge in [0.1, 0.15) is 0 Å². The van der Waals surface area contributed by atoms with Crippen LogP contribution in [0.25, 0.3) is 0 Å². The summed E-state index contributed by atoms with van der Waals surface area (Å²) in [5.74, 6) is 1.34. The molecule has 0 radical (unpaired) electrons. The van der Waals surface area contributed by atoms with E-state index in [0.717, 1.165) is 22.3 Å². The predicted molar refractivity (Wildman–Crippen MR) is 70.4 cm³/mol. The second-order valence-corrected chi connectivity index (χ2v) is 5.17. The van der Waals surface area contributed by atoms with Crippen LogP contribution in [0.1, 0.15) is 12.8 Å². The number of hydrogen-bond acceptors (Lipinski definition) is 4. The number of halogens is 2. The number of nitrogens with zero attached hydrogens (tertiary/aromatic N) is 3. The number of methoxy groups -OCH3 is 1. The molecule has 1 aliphatic heterocycles. The molecule has 1 fully saturated rings. The first-order valence-electron chi connectivity index (χ1n) is 5.15. The van der Waals surface area contributed by atoms with Gasteiger partial charge < -0.3 is 9.64 Å². The number of alkyl halides is 1. The van der Waals surface area contributed by atoms with Crippen LogP contribution in [-0.4, -0.2) is 35.0 Å². The maximum absolute atomic E-state index is 5.18. The number of anilines is 1. The molecule has 0 N–H and O–H groups in total. The average Bonchev–Trinajstić information content (AvgIpc) is 2.78. The van der Waals surface area contributed by atoms with Crippen LogP contribution in [0.3, 0.4) is 0 Å². The Balaban J connectivity index is 2.26. The van der Waals surface area contributed by atoms with Crippen molar-refractivity contribution in [1.82, 2.24) is 9.97 Å². The van der Waals surface area contributed by atoms with Crippen molar-refractivity contribution in [3.8, 4) is 5.88 Å². The summed E-state index contributed by atoms with van der Waals surface area (Å²) in [5.41, 5.74) is 0. The molecular formula is C10H13Br2N3O. The van der Waals surface area contributed by atoms with E-state index in [9.17, 15) is 0 Å². The standard InChI is InChI=1S/C10H13Br2N3O/c1-16-9-8(12)6-13-10(14-9)15-4-2-3-7(15)5-11/h6-7H,2-5H2,1H3. The highest BCUT2D eigenvalue weighted by Crippen LogP contribution is 2.28. The minimum Gasteiger partial charge on any atom is -0.480 e. The van der Waals surface area contributed by atoms with Crippen LogP contribution in [0, 0.1) is 0 Å². The lowest BCUT2D eigenvalue weighted by atomic mass is 10.2. The van der Waals surface area contributed by atoms with Gasteiger partial charge in [-0.3, -0.25) is 0 Å². The summed E-state index contributed by atoms with van der Waals surface area (Å²) in [6.07, 6.45) is 4.12. The molecule has 2 rings (SSSR count). The summed E-state index contributed by atoms with van der Waals surface area (Å²) >= 11 is 6.88. The molecule has 88 valence electrons. The van der Waals surface area contributed by atoms with E-state index in [1.54, 1.807) is 13.3 Å². The molecule has 6 heteroatoms. The maximum Gasteiger partial charge on any atom is 0.232 e. The normalized spacial score (nSPS) is 20.2. The zero-order valence-electron chi connectivity index (χ0n) is 8.99. The minimum atomic E-state index is 0.492. The molecule has 4 nitrogen and oxygen atoms in total. The number of aromatic nitrogens is 2. The smallest absolute Gasteiger partial charge is 0.232 e.